The number of pyridine rings is 1. The van der Waals surface area contributed by atoms with Crippen molar-refractivity contribution in [2.24, 2.45) is 0 Å². The van der Waals surface area contributed by atoms with Crippen LogP contribution in [0, 0.1) is 0 Å². The quantitative estimate of drug-likeness (QED) is 0.489. The van der Waals surface area contributed by atoms with E-state index in [4.69, 9.17) is 4.98 Å². The molecule has 0 atom stereocenters. The number of nitrogens with one attached hydrogen (secondary N) is 1. The van der Waals surface area contributed by atoms with Gasteiger partial charge in [-0.2, -0.15) is 0 Å². The van der Waals surface area contributed by atoms with Crippen LogP contribution in [0.5, 0.6) is 0 Å². The van der Waals surface area contributed by atoms with Crippen molar-refractivity contribution < 1.29 is 0 Å². The number of fused-ring (bicyclic) bond motifs is 2. The van der Waals surface area contributed by atoms with Gasteiger partial charge < -0.3 is 5.32 Å². The van der Waals surface area contributed by atoms with Gasteiger partial charge in [-0.3, -0.25) is 4.98 Å². The zero-order valence-electron chi connectivity index (χ0n) is 13.6. The van der Waals surface area contributed by atoms with Gasteiger partial charge in [-0.05, 0) is 29.8 Å². The largest absolute Gasteiger partial charge is 0.337 e. The van der Waals surface area contributed by atoms with Gasteiger partial charge in [-0.1, -0.05) is 23.9 Å². The minimum Gasteiger partial charge on any atom is -0.337 e. The molecule has 0 amide bonds. The molecule has 1 aliphatic heterocycles. The molecule has 0 bridgehead atoms. The van der Waals surface area contributed by atoms with Crippen molar-refractivity contribution in [2.75, 3.05) is 5.32 Å². The van der Waals surface area contributed by atoms with Crippen molar-refractivity contribution in [1.82, 2.24) is 19.9 Å². The number of rotatable bonds is 3. The molecule has 1 aliphatic rings. The zero-order valence-corrected chi connectivity index (χ0v) is 15.2. The van der Waals surface area contributed by atoms with Gasteiger partial charge in [0.25, 0.3) is 0 Å². The van der Waals surface area contributed by atoms with Crippen LogP contribution < -0.4 is 5.32 Å². The summed E-state index contributed by atoms with van der Waals surface area (Å²) < 4.78 is 0. The SMILES string of the molecule is c1ccc(-c2csc(Cc3ccc4c(c3)Nc3nccnc3S4)n2)nc1. The molecule has 7 heteroatoms. The second-order valence-electron chi connectivity index (χ2n) is 5.79. The third-order valence-corrected chi connectivity index (χ3v) is 5.92. The van der Waals surface area contributed by atoms with E-state index in [-0.39, 0.29) is 0 Å². The summed E-state index contributed by atoms with van der Waals surface area (Å²) in [6, 6.07) is 12.3. The zero-order chi connectivity index (χ0) is 17.3. The highest BCUT2D eigenvalue weighted by Gasteiger charge is 2.18. The maximum Gasteiger partial charge on any atom is 0.163 e. The topological polar surface area (TPSA) is 63.6 Å². The molecule has 3 aromatic heterocycles. The highest BCUT2D eigenvalue weighted by atomic mass is 32.2. The molecule has 0 unspecified atom stereocenters. The van der Waals surface area contributed by atoms with E-state index in [9.17, 15) is 0 Å². The fourth-order valence-corrected chi connectivity index (χ4v) is 4.49. The van der Waals surface area contributed by atoms with Gasteiger partial charge in [0.1, 0.15) is 5.03 Å². The average Bonchev–Trinajstić information content (AvgIpc) is 3.15. The Labute approximate surface area is 158 Å². The summed E-state index contributed by atoms with van der Waals surface area (Å²) in [5.74, 6) is 0.814. The second kappa shape index (κ2) is 6.51. The molecular weight excluding hydrogens is 362 g/mol. The molecule has 5 nitrogen and oxygen atoms in total. The number of anilines is 2. The van der Waals surface area contributed by atoms with E-state index >= 15 is 0 Å². The maximum atomic E-state index is 4.73. The van der Waals surface area contributed by atoms with Crippen LogP contribution >= 0.6 is 23.1 Å². The van der Waals surface area contributed by atoms with Gasteiger partial charge in [-0.25, -0.2) is 15.0 Å². The van der Waals surface area contributed by atoms with Crippen molar-refractivity contribution in [3.05, 3.63) is 70.9 Å². The smallest absolute Gasteiger partial charge is 0.163 e. The Hall–Kier alpha value is -2.77. The van der Waals surface area contributed by atoms with Crippen LogP contribution in [0.3, 0.4) is 0 Å². The Morgan fingerprint density at radius 2 is 1.88 bits per heavy atom. The van der Waals surface area contributed by atoms with Crippen LogP contribution in [0.25, 0.3) is 11.4 Å². The Bertz CT molecular complexity index is 1080. The van der Waals surface area contributed by atoms with E-state index in [1.54, 1.807) is 41.7 Å². The first-order chi connectivity index (χ1) is 12.8. The molecule has 4 aromatic rings. The highest BCUT2D eigenvalue weighted by Crippen LogP contribution is 2.42. The normalized spacial score (nSPS) is 12.2. The standard InChI is InChI=1S/C19H13N5S2/c1-2-6-20-13(3-1)15-11-25-17(23-15)10-12-4-5-16-14(9-12)24-18-19(26-16)22-8-7-21-18/h1-9,11H,10H2,(H,21,24). The molecule has 0 saturated heterocycles. The van der Waals surface area contributed by atoms with Crippen molar-refractivity contribution in [3.8, 4) is 11.4 Å². The molecule has 0 fully saturated rings. The monoisotopic (exact) mass is 375 g/mol. The molecule has 1 aromatic carbocycles. The summed E-state index contributed by atoms with van der Waals surface area (Å²) in [6.07, 6.45) is 6.01. The van der Waals surface area contributed by atoms with Crippen molar-refractivity contribution >= 4 is 34.6 Å². The molecule has 5 rings (SSSR count). The van der Waals surface area contributed by atoms with Crippen LogP contribution in [-0.2, 0) is 6.42 Å². The lowest BCUT2D eigenvalue weighted by atomic mass is 10.1. The van der Waals surface area contributed by atoms with Crippen molar-refractivity contribution in [2.45, 2.75) is 16.3 Å². The lowest BCUT2D eigenvalue weighted by molar-refractivity contribution is 1.04. The number of thiazole rings is 1. The first-order valence-electron chi connectivity index (χ1n) is 8.10. The number of hydrogen-bond donors (Lipinski definition) is 1. The third kappa shape index (κ3) is 2.95. The van der Waals surface area contributed by atoms with Crippen molar-refractivity contribution in [3.63, 3.8) is 0 Å². The van der Waals surface area contributed by atoms with E-state index in [0.29, 0.717) is 0 Å². The van der Waals surface area contributed by atoms with E-state index in [1.165, 1.54) is 5.56 Å². The highest BCUT2D eigenvalue weighted by molar-refractivity contribution is 7.99. The van der Waals surface area contributed by atoms with Crippen molar-refractivity contribution in [1.29, 1.82) is 0 Å². The number of nitrogens with zero attached hydrogens (tertiary/aromatic N) is 4. The Morgan fingerprint density at radius 1 is 0.923 bits per heavy atom. The Kier molecular flexibility index (Phi) is 3.88. The molecular formula is C19H13N5S2. The van der Waals surface area contributed by atoms with E-state index in [1.807, 2.05) is 18.2 Å². The van der Waals surface area contributed by atoms with E-state index < -0.39 is 0 Å². The van der Waals surface area contributed by atoms with Crippen LogP contribution in [0.4, 0.5) is 11.5 Å². The van der Waals surface area contributed by atoms with Gasteiger partial charge in [0.15, 0.2) is 5.82 Å². The first kappa shape index (κ1) is 15.5. The third-order valence-electron chi connectivity index (χ3n) is 4.00. The molecule has 4 heterocycles. The second-order valence-corrected chi connectivity index (χ2v) is 7.76. The van der Waals surface area contributed by atoms with Crippen LogP contribution in [0.2, 0.25) is 0 Å². The summed E-state index contributed by atoms with van der Waals surface area (Å²) in [5, 5.41) is 7.43. The summed E-state index contributed by atoms with van der Waals surface area (Å²) in [5.41, 5.74) is 4.13. The van der Waals surface area contributed by atoms with Gasteiger partial charge in [0.05, 0.1) is 22.1 Å². The van der Waals surface area contributed by atoms with Crippen LogP contribution in [0.15, 0.2) is 70.3 Å². The molecule has 26 heavy (non-hydrogen) atoms. The lowest BCUT2D eigenvalue weighted by Crippen LogP contribution is -2.04. The van der Waals surface area contributed by atoms with Gasteiger partial charge in [0, 0.05) is 35.3 Å². The Morgan fingerprint density at radius 3 is 2.81 bits per heavy atom. The molecule has 0 spiro atoms. The summed E-state index contributed by atoms with van der Waals surface area (Å²) in [4.78, 5) is 19.0. The van der Waals surface area contributed by atoms with E-state index in [0.717, 1.165) is 44.2 Å². The molecule has 126 valence electrons. The van der Waals surface area contributed by atoms with Crippen LogP contribution in [-0.4, -0.2) is 19.9 Å². The number of hydrogen-bond acceptors (Lipinski definition) is 7. The summed E-state index contributed by atoms with van der Waals surface area (Å²) in [7, 11) is 0. The predicted octanol–water partition coefficient (Wildman–Crippen LogP) is 4.79. The maximum absolute atomic E-state index is 4.73. The number of benzene rings is 1. The minimum atomic E-state index is 0.796. The first-order valence-corrected chi connectivity index (χ1v) is 9.79. The van der Waals surface area contributed by atoms with Gasteiger partial charge >= 0.3 is 0 Å². The lowest BCUT2D eigenvalue weighted by Gasteiger charge is -2.19. The molecule has 0 aliphatic carbocycles. The summed E-state index contributed by atoms with van der Waals surface area (Å²) >= 11 is 3.31. The molecule has 0 radical (unpaired) electrons. The fraction of sp³-hybridized carbons (Fsp3) is 0.0526. The minimum absolute atomic E-state index is 0.796. The number of aromatic nitrogens is 4. The Balaban J connectivity index is 1.39. The average molecular weight is 375 g/mol. The molecule has 0 saturated carbocycles. The van der Waals surface area contributed by atoms with Gasteiger partial charge in [0.2, 0.25) is 0 Å². The fourth-order valence-electron chi connectivity index (χ4n) is 2.79. The molecule has 1 N–H and O–H groups in total. The predicted molar refractivity (Wildman–Crippen MR) is 104 cm³/mol. The van der Waals surface area contributed by atoms with Crippen LogP contribution in [0.1, 0.15) is 10.6 Å². The van der Waals surface area contributed by atoms with E-state index in [2.05, 4.69) is 43.8 Å². The van der Waals surface area contributed by atoms with Gasteiger partial charge in [-0.15, -0.1) is 11.3 Å². The summed E-state index contributed by atoms with van der Waals surface area (Å²) in [6.45, 7) is 0.